The molecule has 0 aliphatic heterocycles. The van der Waals surface area contributed by atoms with Crippen molar-refractivity contribution in [1.29, 1.82) is 0 Å². The van der Waals surface area contributed by atoms with Crippen molar-refractivity contribution in [3.8, 4) is 11.1 Å². The molecule has 0 fully saturated rings. The van der Waals surface area contributed by atoms with Crippen LogP contribution in [0, 0.1) is 0 Å². The van der Waals surface area contributed by atoms with E-state index in [1.807, 2.05) is 24.3 Å². The van der Waals surface area contributed by atoms with Crippen molar-refractivity contribution >= 4 is 10.1 Å². The van der Waals surface area contributed by atoms with E-state index < -0.39 is 28.1 Å². The molecule has 116 valence electrons. The van der Waals surface area contributed by atoms with Crippen molar-refractivity contribution in [2.24, 2.45) is 0 Å². The minimum absolute atomic E-state index is 0.690. The molecule has 1 N–H and O–H groups in total. The van der Waals surface area contributed by atoms with Gasteiger partial charge in [-0.3, -0.25) is 4.55 Å². The number of benzene rings is 2. The van der Waals surface area contributed by atoms with E-state index in [4.69, 9.17) is 9.29 Å². The lowest BCUT2D eigenvalue weighted by Crippen LogP contribution is -2.34. The van der Waals surface area contributed by atoms with E-state index in [0.29, 0.717) is 11.1 Å². The molecule has 1 aliphatic carbocycles. The van der Waals surface area contributed by atoms with Gasteiger partial charge in [0.05, 0.1) is 0 Å². The van der Waals surface area contributed by atoms with Gasteiger partial charge in [-0.15, -0.1) is 0 Å². The zero-order valence-electron chi connectivity index (χ0n) is 11.2. The highest BCUT2D eigenvalue weighted by Gasteiger charge is 2.45. The summed E-state index contributed by atoms with van der Waals surface area (Å²) in [5.41, 5.74) is 3.10. The van der Waals surface area contributed by atoms with Crippen LogP contribution < -0.4 is 0 Å². The zero-order chi connectivity index (χ0) is 16.0. The Balaban J connectivity index is 1.95. The van der Waals surface area contributed by atoms with Crippen LogP contribution in [0.25, 0.3) is 11.1 Å². The number of halogens is 2. The smallest absolute Gasteiger partial charge is 0.361 e. The summed E-state index contributed by atoms with van der Waals surface area (Å²) in [6, 6.07) is 14.3. The first-order valence-electron chi connectivity index (χ1n) is 6.46. The SMILES string of the molecule is O=S(=O)(O)C(F)(F)COC1c2ccccc2-c2ccccc21. The highest BCUT2D eigenvalue weighted by Crippen LogP contribution is 2.45. The van der Waals surface area contributed by atoms with Crippen molar-refractivity contribution in [3.05, 3.63) is 59.7 Å². The summed E-state index contributed by atoms with van der Waals surface area (Å²) >= 11 is 0. The summed E-state index contributed by atoms with van der Waals surface area (Å²) < 4.78 is 61.8. The number of alkyl halides is 2. The molecule has 3 rings (SSSR count). The molecule has 0 amide bonds. The van der Waals surface area contributed by atoms with Crippen molar-refractivity contribution in [2.75, 3.05) is 6.61 Å². The summed E-state index contributed by atoms with van der Waals surface area (Å²) in [5.74, 6) is 0. The Labute approximate surface area is 126 Å². The summed E-state index contributed by atoms with van der Waals surface area (Å²) in [4.78, 5) is 0. The molecule has 0 saturated heterocycles. The van der Waals surface area contributed by atoms with Crippen LogP contribution in [0.4, 0.5) is 8.78 Å². The standard InChI is InChI=1S/C15H12F2O4S/c16-15(17,22(18,19)20)9-21-14-12-7-3-1-5-10(12)11-6-2-4-8-13(11)14/h1-8,14H,9H2,(H,18,19,20). The molecule has 0 saturated carbocycles. The third-order valence-corrected chi connectivity index (χ3v) is 4.44. The predicted molar refractivity (Wildman–Crippen MR) is 76.2 cm³/mol. The molecular formula is C15H12F2O4S. The van der Waals surface area contributed by atoms with Crippen LogP contribution in [0.3, 0.4) is 0 Å². The molecule has 2 aromatic carbocycles. The Kier molecular flexibility index (Phi) is 3.51. The lowest BCUT2D eigenvalue weighted by molar-refractivity contribution is -0.0409. The molecule has 7 heteroatoms. The maximum Gasteiger partial charge on any atom is 0.392 e. The normalized spacial score (nSPS) is 14.7. The van der Waals surface area contributed by atoms with Gasteiger partial charge in [-0.2, -0.15) is 17.2 Å². The van der Waals surface area contributed by atoms with E-state index in [1.54, 1.807) is 24.3 Å². The van der Waals surface area contributed by atoms with E-state index in [-0.39, 0.29) is 0 Å². The topological polar surface area (TPSA) is 63.6 Å². The van der Waals surface area contributed by atoms with E-state index in [0.717, 1.165) is 11.1 Å². The van der Waals surface area contributed by atoms with Crippen molar-refractivity contribution in [3.63, 3.8) is 0 Å². The molecule has 0 unspecified atom stereocenters. The van der Waals surface area contributed by atoms with Crippen LogP contribution in [-0.4, -0.2) is 24.8 Å². The van der Waals surface area contributed by atoms with Crippen LogP contribution in [0.15, 0.2) is 48.5 Å². The predicted octanol–water partition coefficient (Wildman–Crippen LogP) is 3.25. The first-order valence-corrected chi connectivity index (χ1v) is 7.90. The lowest BCUT2D eigenvalue weighted by atomic mass is 10.1. The molecule has 0 atom stereocenters. The van der Waals surface area contributed by atoms with Gasteiger partial charge in [0.15, 0.2) is 0 Å². The van der Waals surface area contributed by atoms with Gasteiger partial charge in [-0.05, 0) is 22.3 Å². The fourth-order valence-corrected chi connectivity index (χ4v) is 2.76. The number of hydrogen-bond donors (Lipinski definition) is 1. The summed E-state index contributed by atoms with van der Waals surface area (Å²) in [5, 5.41) is -4.35. The van der Waals surface area contributed by atoms with E-state index >= 15 is 0 Å². The fraction of sp³-hybridized carbons (Fsp3) is 0.200. The monoisotopic (exact) mass is 326 g/mol. The van der Waals surface area contributed by atoms with Gasteiger partial charge in [0.2, 0.25) is 0 Å². The number of rotatable bonds is 4. The van der Waals surface area contributed by atoms with Crippen LogP contribution in [0.5, 0.6) is 0 Å². The molecule has 0 radical (unpaired) electrons. The molecule has 0 bridgehead atoms. The molecule has 0 heterocycles. The molecule has 4 nitrogen and oxygen atoms in total. The number of hydrogen-bond acceptors (Lipinski definition) is 3. The van der Waals surface area contributed by atoms with Crippen LogP contribution in [-0.2, 0) is 14.9 Å². The Morgan fingerprint density at radius 2 is 1.45 bits per heavy atom. The Bertz CT molecular complexity index is 772. The van der Waals surface area contributed by atoms with Crippen LogP contribution >= 0.6 is 0 Å². The second-order valence-electron chi connectivity index (χ2n) is 4.98. The van der Waals surface area contributed by atoms with Gasteiger partial charge in [0, 0.05) is 0 Å². The summed E-state index contributed by atoms with van der Waals surface area (Å²) in [6.45, 7) is -1.42. The molecule has 0 aromatic heterocycles. The van der Waals surface area contributed by atoms with Gasteiger partial charge >= 0.3 is 15.4 Å². The van der Waals surface area contributed by atoms with Gasteiger partial charge in [-0.25, -0.2) is 0 Å². The Hall–Kier alpha value is -1.83. The Morgan fingerprint density at radius 3 is 1.91 bits per heavy atom. The lowest BCUT2D eigenvalue weighted by Gasteiger charge is -2.18. The van der Waals surface area contributed by atoms with Gasteiger partial charge < -0.3 is 4.74 Å². The van der Waals surface area contributed by atoms with E-state index in [1.165, 1.54) is 0 Å². The number of fused-ring (bicyclic) bond motifs is 3. The fourth-order valence-electron chi connectivity index (χ4n) is 2.54. The minimum Gasteiger partial charge on any atom is -0.361 e. The Morgan fingerprint density at radius 1 is 1.00 bits per heavy atom. The molecule has 22 heavy (non-hydrogen) atoms. The largest absolute Gasteiger partial charge is 0.392 e. The summed E-state index contributed by atoms with van der Waals surface area (Å²) in [7, 11) is -5.51. The summed E-state index contributed by atoms with van der Waals surface area (Å²) in [6.07, 6.45) is -0.792. The van der Waals surface area contributed by atoms with Crippen molar-refractivity contribution in [1.82, 2.24) is 0 Å². The molecule has 0 spiro atoms. The van der Waals surface area contributed by atoms with Crippen molar-refractivity contribution < 1.29 is 26.5 Å². The first-order chi connectivity index (χ1) is 10.3. The minimum atomic E-state index is -5.51. The zero-order valence-corrected chi connectivity index (χ0v) is 12.1. The third kappa shape index (κ3) is 2.41. The van der Waals surface area contributed by atoms with Crippen LogP contribution in [0.2, 0.25) is 0 Å². The van der Waals surface area contributed by atoms with Crippen LogP contribution in [0.1, 0.15) is 17.2 Å². The van der Waals surface area contributed by atoms with Crippen molar-refractivity contribution in [2.45, 2.75) is 11.4 Å². The third-order valence-electron chi connectivity index (χ3n) is 3.57. The van der Waals surface area contributed by atoms with Gasteiger partial charge in [0.1, 0.15) is 12.7 Å². The van der Waals surface area contributed by atoms with Gasteiger partial charge in [-0.1, -0.05) is 48.5 Å². The first kappa shape index (κ1) is 15.1. The molecule has 1 aliphatic rings. The molecule has 2 aromatic rings. The maximum atomic E-state index is 13.4. The average molecular weight is 326 g/mol. The highest BCUT2D eigenvalue weighted by atomic mass is 32.2. The second-order valence-corrected chi connectivity index (χ2v) is 6.53. The van der Waals surface area contributed by atoms with Gasteiger partial charge in [0.25, 0.3) is 0 Å². The average Bonchev–Trinajstić information content (AvgIpc) is 2.78. The van der Waals surface area contributed by atoms with E-state index in [2.05, 4.69) is 0 Å². The quantitative estimate of drug-likeness (QED) is 0.876. The maximum absolute atomic E-state index is 13.4. The highest BCUT2D eigenvalue weighted by molar-refractivity contribution is 7.86. The number of ether oxygens (including phenoxy) is 1. The second kappa shape index (κ2) is 5.12. The van der Waals surface area contributed by atoms with E-state index in [9.17, 15) is 17.2 Å². The molecular weight excluding hydrogens is 314 g/mol.